The first-order valence-corrected chi connectivity index (χ1v) is 9.68. The van der Waals surface area contributed by atoms with Gasteiger partial charge in [-0.15, -0.1) is 0 Å². The molecule has 0 aromatic heterocycles. The molecule has 0 amide bonds. The zero-order valence-corrected chi connectivity index (χ0v) is 15.5. The molecule has 2 unspecified atom stereocenters. The number of anilines is 2. The summed E-state index contributed by atoms with van der Waals surface area (Å²) >= 11 is 0. The Kier molecular flexibility index (Phi) is 6.14. The summed E-state index contributed by atoms with van der Waals surface area (Å²) in [6, 6.07) is 5.36. The summed E-state index contributed by atoms with van der Waals surface area (Å²) in [7, 11) is 0. The van der Waals surface area contributed by atoms with Gasteiger partial charge >= 0.3 is 5.97 Å². The van der Waals surface area contributed by atoms with Crippen molar-refractivity contribution in [3.63, 3.8) is 0 Å². The average Bonchev–Trinajstić information content (AvgIpc) is 2.68. The number of nitrogens with zero attached hydrogens (tertiary/aromatic N) is 1. The summed E-state index contributed by atoms with van der Waals surface area (Å²) in [4.78, 5) is 17.5. The number of benzene rings is 1. The Morgan fingerprint density at radius 1 is 1.23 bits per heavy atom. The maximum Gasteiger partial charge on any atom is 0.316 e. The first kappa shape index (κ1) is 18.7. The highest BCUT2D eigenvalue weighted by Gasteiger charge is 2.37. The van der Waals surface area contributed by atoms with Gasteiger partial charge in [-0.3, -0.25) is 15.1 Å². The Bertz CT molecular complexity index is 668. The Morgan fingerprint density at radius 3 is 2.69 bits per heavy atom. The van der Waals surface area contributed by atoms with Gasteiger partial charge in [0.15, 0.2) is 0 Å². The molecule has 2 aliphatic rings. The van der Waals surface area contributed by atoms with Gasteiger partial charge in [0.25, 0.3) is 0 Å². The molecule has 1 saturated carbocycles. The summed E-state index contributed by atoms with van der Waals surface area (Å²) in [5.74, 6) is -0.110. The summed E-state index contributed by atoms with van der Waals surface area (Å²) in [6.45, 7) is 3.04. The highest BCUT2D eigenvalue weighted by atomic mass is 16.5. The zero-order valence-electron chi connectivity index (χ0n) is 15.5. The molecule has 1 aliphatic carbocycles. The van der Waals surface area contributed by atoms with Crippen LogP contribution < -0.4 is 16.8 Å². The fourth-order valence-corrected chi connectivity index (χ4v) is 4.00. The molecule has 1 aromatic rings. The molecule has 1 aromatic carbocycles. The van der Waals surface area contributed by atoms with Gasteiger partial charge in [-0.1, -0.05) is 32.3 Å². The van der Waals surface area contributed by atoms with E-state index in [1.807, 2.05) is 19.1 Å². The van der Waals surface area contributed by atoms with Crippen molar-refractivity contribution in [2.24, 2.45) is 16.8 Å². The predicted octanol–water partition coefficient (Wildman–Crippen LogP) is 3.04. The van der Waals surface area contributed by atoms with Gasteiger partial charge in [0.05, 0.1) is 30.7 Å². The molecule has 6 heteroatoms. The number of nitrogens with one attached hydrogen (secondary N) is 1. The number of ether oxygens (including phenoxy) is 1. The zero-order chi connectivity index (χ0) is 18.5. The first-order chi connectivity index (χ1) is 12.6. The normalized spacial score (nSPS) is 24.1. The highest BCUT2D eigenvalue weighted by molar-refractivity contribution is 6.03. The van der Waals surface area contributed by atoms with E-state index in [1.54, 1.807) is 6.07 Å². The number of esters is 1. The van der Waals surface area contributed by atoms with Gasteiger partial charge in [-0.2, -0.15) is 0 Å². The number of rotatable bonds is 5. The lowest BCUT2D eigenvalue weighted by molar-refractivity contribution is -0.149. The van der Waals surface area contributed by atoms with E-state index in [1.165, 1.54) is 19.3 Å². The fourth-order valence-electron chi connectivity index (χ4n) is 4.00. The number of carbonyl (C=O) groups excluding carboxylic acids is 1. The van der Waals surface area contributed by atoms with Crippen molar-refractivity contribution in [1.82, 2.24) is 5.32 Å². The molecular weight excluding hydrogens is 328 g/mol. The topological polar surface area (TPSA) is 103 Å². The molecule has 1 fully saturated rings. The van der Waals surface area contributed by atoms with E-state index in [0.29, 0.717) is 30.6 Å². The van der Waals surface area contributed by atoms with Crippen molar-refractivity contribution in [1.29, 1.82) is 0 Å². The molecule has 3 rings (SSSR count). The van der Waals surface area contributed by atoms with Crippen molar-refractivity contribution in [2.75, 3.05) is 24.7 Å². The van der Waals surface area contributed by atoms with Gasteiger partial charge in [-0.25, -0.2) is 0 Å². The third-order valence-electron chi connectivity index (χ3n) is 5.56. The maximum absolute atomic E-state index is 12.9. The van der Waals surface area contributed by atoms with Crippen LogP contribution in [0.1, 0.15) is 57.1 Å². The standard InChI is InChI=1S/C20H30N4O2/c1-2-17-18(20(25)26-11-13-6-4-3-5-7-13)19(24-12-23-17)14-8-9-15(21)16(22)10-14/h8-10,13,18-19,24H,2-7,11-12,21-22H2,1H3. The molecule has 142 valence electrons. The van der Waals surface area contributed by atoms with Crippen molar-refractivity contribution in [3.8, 4) is 0 Å². The third-order valence-corrected chi connectivity index (χ3v) is 5.56. The number of nitrogen functional groups attached to an aromatic ring is 2. The van der Waals surface area contributed by atoms with Gasteiger partial charge in [0.2, 0.25) is 0 Å². The predicted molar refractivity (Wildman–Crippen MR) is 105 cm³/mol. The smallest absolute Gasteiger partial charge is 0.316 e. The summed E-state index contributed by atoms with van der Waals surface area (Å²) in [6.07, 6.45) is 6.81. The second-order valence-corrected chi connectivity index (χ2v) is 7.34. The van der Waals surface area contributed by atoms with E-state index in [2.05, 4.69) is 10.3 Å². The summed E-state index contributed by atoms with van der Waals surface area (Å²) in [5, 5.41) is 3.33. The molecule has 0 radical (unpaired) electrons. The van der Waals surface area contributed by atoms with Crippen LogP contribution >= 0.6 is 0 Å². The van der Waals surface area contributed by atoms with E-state index in [4.69, 9.17) is 16.2 Å². The number of carbonyl (C=O) groups is 1. The largest absolute Gasteiger partial charge is 0.465 e. The quantitative estimate of drug-likeness (QED) is 0.554. The van der Waals surface area contributed by atoms with Crippen molar-refractivity contribution in [3.05, 3.63) is 23.8 Å². The van der Waals surface area contributed by atoms with Crippen molar-refractivity contribution >= 4 is 23.1 Å². The van der Waals surface area contributed by atoms with Crippen LogP contribution in [0, 0.1) is 11.8 Å². The van der Waals surface area contributed by atoms with E-state index < -0.39 is 5.92 Å². The summed E-state index contributed by atoms with van der Waals surface area (Å²) < 4.78 is 5.74. The number of hydrogen-bond acceptors (Lipinski definition) is 6. The van der Waals surface area contributed by atoms with Gasteiger partial charge in [0.1, 0.15) is 5.92 Å². The Morgan fingerprint density at radius 2 is 2.00 bits per heavy atom. The lowest BCUT2D eigenvalue weighted by atomic mass is 9.86. The van der Waals surface area contributed by atoms with Gasteiger partial charge in [-0.05, 0) is 42.9 Å². The molecule has 1 heterocycles. The number of nitrogens with two attached hydrogens (primary N) is 2. The van der Waals surface area contributed by atoms with E-state index in [0.717, 1.165) is 30.5 Å². The van der Waals surface area contributed by atoms with Crippen molar-refractivity contribution < 1.29 is 9.53 Å². The molecule has 1 aliphatic heterocycles. The van der Waals surface area contributed by atoms with Crippen LogP contribution in [0.15, 0.2) is 23.2 Å². The van der Waals surface area contributed by atoms with E-state index in [-0.39, 0.29) is 12.0 Å². The van der Waals surface area contributed by atoms with Gasteiger partial charge < -0.3 is 16.2 Å². The molecule has 0 saturated heterocycles. The first-order valence-electron chi connectivity index (χ1n) is 9.68. The van der Waals surface area contributed by atoms with Crippen LogP contribution in [0.25, 0.3) is 0 Å². The highest BCUT2D eigenvalue weighted by Crippen LogP contribution is 2.32. The minimum atomic E-state index is -0.416. The molecule has 26 heavy (non-hydrogen) atoms. The van der Waals surface area contributed by atoms with Crippen LogP contribution in [0.3, 0.4) is 0 Å². The SMILES string of the molecule is CCC1=NCNC(c2ccc(N)c(N)c2)C1C(=O)OCC1CCCCC1. The maximum atomic E-state index is 12.9. The minimum Gasteiger partial charge on any atom is -0.465 e. The fraction of sp³-hybridized carbons (Fsp3) is 0.600. The lowest BCUT2D eigenvalue weighted by Crippen LogP contribution is -2.43. The van der Waals surface area contributed by atoms with Crippen LogP contribution in [0.4, 0.5) is 11.4 Å². The minimum absolute atomic E-state index is 0.191. The second kappa shape index (κ2) is 8.54. The van der Waals surface area contributed by atoms with Gasteiger partial charge in [0, 0.05) is 5.71 Å². The molecule has 0 spiro atoms. The monoisotopic (exact) mass is 358 g/mol. The molecule has 6 nitrogen and oxygen atoms in total. The molecular formula is C20H30N4O2. The Balaban J connectivity index is 1.76. The Hall–Kier alpha value is -2.08. The van der Waals surface area contributed by atoms with Crippen molar-refractivity contribution in [2.45, 2.75) is 51.5 Å². The second-order valence-electron chi connectivity index (χ2n) is 7.34. The van der Waals surface area contributed by atoms with Crippen LogP contribution in [0.5, 0.6) is 0 Å². The number of hydrogen-bond donors (Lipinski definition) is 3. The Labute approximate surface area is 155 Å². The molecule has 0 bridgehead atoms. The van der Waals surface area contributed by atoms with Crippen LogP contribution in [-0.4, -0.2) is 25.0 Å². The van der Waals surface area contributed by atoms with Crippen LogP contribution in [-0.2, 0) is 9.53 Å². The molecule has 2 atom stereocenters. The summed E-state index contributed by atoms with van der Waals surface area (Å²) in [5.41, 5.74) is 14.7. The van der Waals surface area contributed by atoms with E-state index in [9.17, 15) is 4.79 Å². The molecule has 5 N–H and O–H groups in total. The number of aliphatic imine (C=N–C) groups is 1. The average molecular weight is 358 g/mol. The third kappa shape index (κ3) is 4.18. The lowest BCUT2D eigenvalue weighted by Gasteiger charge is -2.32. The van der Waals surface area contributed by atoms with E-state index >= 15 is 0 Å². The van der Waals surface area contributed by atoms with Crippen LogP contribution in [0.2, 0.25) is 0 Å².